The van der Waals surface area contributed by atoms with E-state index in [0.717, 1.165) is 31.6 Å². The first-order valence-corrected chi connectivity index (χ1v) is 8.08. The van der Waals surface area contributed by atoms with Crippen LogP contribution in [0.25, 0.3) is 0 Å². The molecule has 17 heavy (non-hydrogen) atoms. The van der Waals surface area contributed by atoms with Gasteiger partial charge in [-0.05, 0) is 37.1 Å². The van der Waals surface area contributed by atoms with Gasteiger partial charge in [-0.15, -0.1) is 0 Å². The molecule has 0 aromatic carbocycles. The largest absolute Gasteiger partial charge is 0.300 e. The number of carbonyl (C=O) groups excluding carboxylic acids is 1. The highest BCUT2D eigenvalue weighted by molar-refractivity contribution is 7.98. The van der Waals surface area contributed by atoms with Gasteiger partial charge in [0, 0.05) is 31.2 Å². The van der Waals surface area contributed by atoms with E-state index in [0.29, 0.717) is 17.7 Å². The van der Waals surface area contributed by atoms with Gasteiger partial charge < -0.3 is 0 Å². The molecule has 0 amide bonds. The Bertz CT molecular complexity index is 313. The van der Waals surface area contributed by atoms with Crippen LogP contribution in [0.5, 0.6) is 0 Å². The highest BCUT2D eigenvalue weighted by Gasteiger charge is 2.35. The fraction of sp³-hybridized carbons (Fsp3) is 0.786. The summed E-state index contributed by atoms with van der Waals surface area (Å²) in [6.45, 7) is 4.56. The Kier molecular flexibility index (Phi) is 4.69. The summed E-state index contributed by atoms with van der Waals surface area (Å²) in [6, 6.07) is 0.637. The SMILES string of the molecule is CCCN1CC(CSC)=C[C@H]2CC(=O)CC[C@@H]21. The molecule has 96 valence electrons. The Morgan fingerprint density at radius 1 is 1.53 bits per heavy atom. The van der Waals surface area contributed by atoms with Crippen molar-refractivity contribution >= 4 is 17.5 Å². The lowest BCUT2D eigenvalue weighted by Gasteiger charge is -2.42. The Labute approximate surface area is 109 Å². The minimum absolute atomic E-state index is 0.462. The molecule has 1 aliphatic carbocycles. The molecule has 0 aromatic heterocycles. The number of nitrogens with zero attached hydrogens (tertiary/aromatic N) is 1. The van der Waals surface area contributed by atoms with Gasteiger partial charge in [-0.2, -0.15) is 11.8 Å². The van der Waals surface area contributed by atoms with E-state index in [1.807, 2.05) is 11.8 Å². The molecule has 1 fully saturated rings. The average molecular weight is 253 g/mol. The summed E-state index contributed by atoms with van der Waals surface area (Å²) in [6.07, 6.45) is 8.43. The standard InChI is InChI=1S/C14H23NOS/c1-3-6-15-9-11(10-17-2)7-12-8-13(16)4-5-14(12)15/h7,12,14H,3-6,8-10H2,1-2H3/t12-,14-/m0/s1. The van der Waals surface area contributed by atoms with Crippen molar-refractivity contribution in [1.29, 1.82) is 0 Å². The van der Waals surface area contributed by atoms with Crippen LogP contribution >= 0.6 is 11.8 Å². The van der Waals surface area contributed by atoms with Crippen LogP contribution in [-0.2, 0) is 4.79 Å². The van der Waals surface area contributed by atoms with E-state index in [2.05, 4.69) is 24.2 Å². The molecule has 1 heterocycles. The van der Waals surface area contributed by atoms with Gasteiger partial charge in [-0.25, -0.2) is 0 Å². The molecule has 3 heteroatoms. The van der Waals surface area contributed by atoms with Gasteiger partial charge >= 0.3 is 0 Å². The van der Waals surface area contributed by atoms with Gasteiger partial charge in [0.05, 0.1) is 0 Å². The lowest BCUT2D eigenvalue weighted by molar-refractivity contribution is -0.122. The van der Waals surface area contributed by atoms with E-state index in [1.165, 1.54) is 18.5 Å². The number of hydrogen-bond acceptors (Lipinski definition) is 3. The van der Waals surface area contributed by atoms with Crippen LogP contribution in [0.1, 0.15) is 32.6 Å². The maximum atomic E-state index is 11.6. The highest BCUT2D eigenvalue weighted by Crippen LogP contribution is 2.33. The second-order valence-electron chi connectivity index (χ2n) is 5.24. The third-order valence-electron chi connectivity index (χ3n) is 3.84. The number of fused-ring (bicyclic) bond motifs is 1. The summed E-state index contributed by atoms with van der Waals surface area (Å²) in [5.74, 6) is 2.08. The molecule has 2 nitrogen and oxygen atoms in total. The maximum Gasteiger partial charge on any atom is 0.133 e. The van der Waals surface area contributed by atoms with Crippen molar-refractivity contribution in [2.45, 2.75) is 38.6 Å². The van der Waals surface area contributed by atoms with Gasteiger partial charge in [0.15, 0.2) is 0 Å². The fourth-order valence-electron chi connectivity index (χ4n) is 3.19. The molecule has 1 aliphatic heterocycles. The monoisotopic (exact) mass is 253 g/mol. The van der Waals surface area contributed by atoms with Crippen LogP contribution in [0.4, 0.5) is 0 Å². The first-order chi connectivity index (χ1) is 8.24. The summed E-state index contributed by atoms with van der Waals surface area (Å²) < 4.78 is 0. The van der Waals surface area contributed by atoms with Crippen molar-refractivity contribution in [1.82, 2.24) is 4.90 Å². The van der Waals surface area contributed by atoms with E-state index < -0.39 is 0 Å². The summed E-state index contributed by atoms with van der Waals surface area (Å²) in [5, 5.41) is 0. The van der Waals surface area contributed by atoms with E-state index in [9.17, 15) is 4.79 Å². The van der Waals surface area contributed by atoms with E-state index in [-0.39, 0.29) is 0 Å². The smallest absolute Gasteiger partial charge is 0.133 e. The molecule has 2 atom stereocenters. The van der Waals surface area contributed by atoms with Crippen LogP contribution in [-0.4, -0.2) is 41.8 Å². The van der Waals surface area contributed by atoms with Crippen LogP contribution < -0.4 is 0 Å². The van der Waals surface area contributed by atoms with Crippen molar-refractivity contribution in [3.63, 3.8) is 0 Å². The van der Waals surface area contributed by atoms with Gasteiger partial charge in [-0.3, -0.25) is 9.69 Å². The zero-order valence-electron chi connectivity index (χ0n) is 10.9. The number of hydrogen-bond donors (Lipinski definition) is 0. The molecule has 0 N–H and O–H groups in total. The van der Waals surface area contributed by atoms with Crippen LogP contribution in [0, 0.1) is 5.92 Å². The predicted octanol–water partition coefficient (Wildman–Crippen LogP) is 2.74. The number of Topliss-reactive ketones (excluding diaryl/α,β-unsaturated/α-hetero) is 1. The van der Waals surface area contributed by atoms with Crippen molar-refractivity contribution in [3.05, 3.63) is 11.6 Å². The number of ketones is 1. The first-order valence-electron chi connectivity index (χ1n) is 6.68. The van der Waals surface area contributed by atoms with Crippen LogP contribution in [0.2, 0.25) is 0 Å². The van der Waals surface area contributed by atoms with Crippen LogP contribution in [0.3, 0.4) is 0 Å². The van der Waals surface area contributed by atoms with E-state index in [1.54, 1.807) is 0 Å². The Balaban J connectivity index is 2.11. The molecule has 0 bridgehead atoms. The van der Waals surface area contributed by atoms with Gasteiger partial charge in [0.1, 0.15) is 5.78 Å². The Morgan fingerprint density at radius 3 is 3.06 bits per heavy atom. The molecule has 0 spiro atoms. The number of thioether (sulfide) groups is 1. The molecule has 0 unspecified atom stereocenters. The van der Waals surface area contributed by atoms with Crippen molar-refractivity contribution < 1.29 is 4.79 Å². The Hall–Kier alpha value is -0.280. The molecule has 1 saturated carbocycles. The zero-order valence-corrected chi connectivity index (χ0v) is 11.8. The van der Waals surface area contributed by atoms with Gasteiger partial charge in [-0.1, -0.05) is 13.0 Å². The lowest BCUT2D eigenvalue weighted by atomic mass is 9.79. The average Bonchev–Trinajstić information content (AvgIpc) is 2.29. The van der Waals surface area contributed by atoms with Gasteiger partial charge in [0.25, 0.3) is 0 Å². The predicted molar refractivity (Wildman–Crippen MR) is 74.5 cm³/mol. The van der Waals surface area contributed by atoms with Crippen molar-refractivity contribution in [3.8, 4) is 0 Å². The minimum atomic E-state index is 0.462. The topological polar surface area (TPSA) is 20.3 Å². The third-order valence-corrected chi connectivity index (χ3v) is 4.50. The quantitative estimate of drug-likeness (QED) is 0.719. The molecular weight excluding hydrogens is 230 g/mol. The zero-order chi connectivity index (χ0) is 12.3. The van der Waals surface area contributed by atoms with E-state index >= 15 is 0 Å². The second kappa shape index (κ2) is 6.05. The number of rotatable bonds is 4. The Morgan fingerprint density at radius 2 is 2.35 bits per heavy atom. The summed E-state index contributed by atoms with van der Waals surface area (Å²) >= 11 is 1.89. The van der Waals surface area contributed by atoms with Crippen molar-refractivity contribution in [2.75, 3.05) is 25.1 Å². The van der Waals surface area contributed by atoms with E-state index in [4.69, 9.17) is 0 Å². The van der Waals surface area contributed by atoms with Gasteiger partial charge in [0.2, 0.25) is 0 Å². The summed E-state index contributed by atoms with van der Waals surface area (Å²) in [4.78, 5) is 14.2. The fourth-order valence-corrected chi connectivity index (χ4v) is 3.75. The number of carbonyl (C=O) groups is 1. The lowest BCUT2D eigenvalue weighted by Crippen LogP contribution is -2.48. The van der Waals surface area contributed by atoms with Crippen molar-refractivity contribution in [2.24, 2.45) is 5.92 Å². The molecular formula is C14H23NOS. The first kappa shape index (κ1) is 13.2. The molecule has 0 aromatic rings. The summed E-state index contributed by atoms with van der Waals surface area (Å²) in [5.41, 5.74) is 1.53. The minimum Gasteiger partial charge on any atom is -0.300 e. The molecule has 0 radical (unpaired) electrons. The molecule has 2 aliphatic rings. The highest BCUT2D eigenvalue weighted by atomic mass is 32.2. The van der Waals surface area contributed by atoms with Crippen LogP contribution in [0.15, 0.2) is 11.6 Å². The maximum absolute atomic E-state index is 11.6. The third kappa shape index (κ3) is 3.14. The molecule has 0 saturated heterocycles. The molecule has 2 rings (SSSR count). The second-order valence-corrected chi connectivity index (χ2v) is 6.11. The summed E-state index contributed by atoms with van der Waals surface area (Å²) in [7, 11) is 0. The normalized spacial score (nSPS) is 30.0.